The Balaban J connectivity index is 1.52. The van der Waals surface area contributed by atoms with Crippen LogP contribution >= 0.6 is 0 Å². The first-order chi connectivity index (χ1) is 15.4. The Kier molecular flexibility index (Phi) is 7.75. The molecule has 0 aliphatic heterocycles. The van der Waals surface area contributed by atoms with Gasteiger partial charge in [-0.2, -0.15) is 0 Å². The van der Waals surface area contributed by atoms with Crippen molar-refractivity contribution in [1.29, 1.82) is 0 Å². The van der Waals surface area contributed by atoms with E-state index in [9.17, 15) is 18.8 Å². The standard InChI is InChI=1S/C24H23FN2O5/c25-18-6-8-19(9-7-18)27(15-14-22(26)28)23(29)16-31-24(30)13-11-20-10-12-21(32-20)17-4-2-1-3-5-17/h1-10,12H,11,13-16H2,(H2,26,28). The molecule has 2 amide bonds. The van der Waals surface area contributed by atoms with E-state index in [0.717, 1.165) is 5.56 Å². The average Bonchev–Trinajstić information content (AvgIpc) is 3.27. The van der Waals surface area contributed by atoms with Crippen LogP contribution in [0.15, 0.2) is 71.1 Å². The number of primary amides is 1. The van der Waals surface area contributed by atoms with Gasteiger partial charge in [-0.3, -0.25) is 14.4 Å². The first kappa shape index (κ1) is 22.7. The molecule has 1 heterocycles. The normalized spacial score (nSPS) is 10.5. The van der Waals surface area contributed by atoms with Crippen LogP contribution in [0.4, 0.5) is 10.1 Å². The van der Waals surface area contributed by atoms with Crippen molar-refractivity contribution in [2.75, 3.05) is 18.1 Å². The summed E-state index contributed by atoms with van der Waals surface area (Å²) >= 11 is 0. The highest BCUT2D eigenvalue weighted by Crippen LogP contribution is 2.22. The van der Waals surface area contributed by atoms with Crippen molar-refractivity contribution in [1.82, 2.24) is 0 Å². The van der Waals surface area contributed by atoms with Gasteiger partial charge in [-0.15, -0.1) is 0 Å². The van der Waals surface area contributed by atoms with E-state index < -0.39 is 30.2 Å². The van der Waals surface area contributed by atoms with Gasteiger partial charge in [0.25, 0.3) is 5.91 Å². The first-order valence-corrected chi connectivity index (χ1v) is 10.1. The van der Waals surface area contributed by atoms with Crippen LogP contribution in [0.5, 0.6) is 0 Å². The van der Waals surface area contributed by atoms with E-state index >= 15 is 0 Å². The van der Waals surface area contributed by atoms with Crippen molar-refractivity contribution >= 4 is 23.5 Å². The molecule has 0 saturated heterocycles. The molecule has 166 valence electrons. The molecule has 0 radical (unpaired) electrons. The van der Waals surface area contributed by atoms with Crippen molar-refractivity contribution in [2.45, 2.75) is 19.3 Å². The summed E-state index contributed by atoms with van der Waals surface area (Å²) in [6.07, 6.45) is 0.273. The van der Waals surface area contributed by atoms with E-state index in [2.05, 4.69) is 0 Å². The maximum Gasteiger partial charge on any atom is 0.306 e. The van der Waals surface area contributed by atoms with E-state index in [1.54, 1.807) is 6.07 Å². The van der Waals surface area contributed by atoms with Crippen molar-refractivity contribution in [3.63, 3.8) is 0 Å². The second kappa shape index (κ2) is 10.9. The zero-order valence-electron chi connectivity index (χ0n) is 17.3. The Morgan fingerprint density at radius 1 is 0.938 bits per heavy atom. The Morgan fingerprint density at radius 2 is 1.66 bits per heavy atom. The predicted octanol–water partition coefficient (Wildman–Crippen LogP) is 3.47. The topological polar surface area (TPSA) is 103 Å². The summed E-state index contributed by atoms with van der Waals surface area (Å²) in [5.74, 6) is -0.832. The summed E-state index contributed by atoms with van der Waals surface area (Å²) < 4.78 is 24.0. The molecule has 0 unspecified atom stereocenters. The largest absolute Gasteiger partial charge is 0.461 e. The molecule has 1 aromatic heterocycles. The van der Waals surface area contributed by atoms with Gasteiger partial charge < -0.3 is 19.8 Å². The van der Waals surface area contributed by atoms with Gasteiger partial charge in [0, 0.05) is 30.6 Å². The van der Waals surface area contributed by atoms with Crippen LogP contribution in [0, 0.1) is 5.82 Å². The maximum atomic E-state index is 13.2. The third-order valence-corrected chi connectivity index (χ3v) is 4.67. The van der Waals surface area contributed by atoms with Gasteiger partial charge in [0.05, 0.1) is 6.42 Å². The van der Waals surface area contributed by atoms with Crippen LogP contribution in [0.3, 0.4) is 0 Å². The van der Waals surface area contributed by atoms with Crippen LogP contribution in [-0.4, -0.2) is 30.9 Å². The number of esters is 1. The van der Waals surface area contributed by atoms with Crippen LogP contribution < -0.4 is 10.6 Å². The van der Waals surface area contributed by atoms with Crippen LogP contribution in [0.2, 0.25) is 0 Å². The Bertz CT molecular complexity index is 1060. The fourth-order valence-electron chi connectivity index (χ4n) is 3.03. The number of furan rings is 1. The number of aryl methyl sites for hydroxylation is 1. The molecule has 0 fully saturated rings. The molecule has 0 saturated carbocycles. The number of nitrogens with two attached hydrogens (primary N) is 1. The van der Waals surface area contributed by atoms with Crippen molar-refractivity contribution in [2.24, 2.45) is 5.73 Å². The number of carbonyl (C=O) groups is 3. The van der Waals surface area contributed by atoms with Crippen molar-refractivity contribution in [3.8, 4) is 11.3 Å². The summed E-state index contributed by atoms with van der Waals surface area (Å²) in [7, 11) is 0. The molecule has 7 nitrogen and oxygen atoms in total. The molecule has 8 heteroatoms. The Morgan fingerprint density at radius 3 is 2.34 bits per heavy atom. The van der Waals surface area contributed by atoms with Gasteiger partial charge in [-0.1, -0.05) is 30.3 Å². The number of amides is 2. The molecule has 0 aliphatic rings. The summed E-state index contributed by atoms with van der Waals surface area (Å²) in [6.45, 7) is -0.519. The molecule has 2 aromatic carbocycles. The van der Waals surface area contributed by atoms with Gasteiger partial charge >= 0.3 is 5.97 Å². The molecule has 0 aliphatic carbocycles. The van der Waals surface area contributed by atoms with E-state index in [0.29, 0.717) is 23.6 Å². The molecule has 2 N–H and O–H groups in total. The lowest BCUT2D eigenvalue weighted by atomic mass is 10.2. The summed E-state index contributed by atoms with van der Waals surface area (Å²) in [6, 6.07) is 18.4. The number of hydrogen-bond donors (Lipinski definition) is 1. The smallest absolute Gasteiger partial charge is 0.306 e. The van der Waals surface area contributed by atoms with E-state index in [1.807, 2.05) is 36.4 Å². The van der Waals surface area contributed by atoms with Gasteiger partial charge in [-0.25, -0.2) is 4.39 Å². The molecular weight excluding hydrogens is 415 g/mol. The second-order valence-corrected chi connectivity index (χ2v) is 7.03. The Labute approximate surface area is 184 Å². The molecule has 0 atom stereocenters. The predicted molar refractivity (Wildman–Crippen MR) is 116 cm³/mol. The van der Waals surface area contributed by atoms with Crippen LogP contribution in [0.1, 0.15) is 18.6 Å². The number of halogens is 1. The highest BCUT2D eigenvalue weighted by Gasteiger charge is 2.19. The molecule has 0 bridgehead atoms. The van der Waals surface area contributed by atoms with E-state index in [1.165, 1.54) is 29.2 Å². The summed E-state index contributed by atoms with van der Waals surface area (Å²) in [5, 5.41) is 0. The lowest BCUT2D eigenvalue weighted by Crippen LogP contribution is -2.37. The zero-order chi connectivity index (χ0) is 22.9. The fraction of sp³-hybridized carbons (Fsp3) is 0.208. The first-order valence-electron chi connectivity index (χ1n) is 10.1. The van der Waals surface area contributed by atoms with Crippen molar-refractivity contribution in [3.05, 3.63) is 78.3 Å². The monoisotopic (exact) mass is 438 g/mol. The lowest BCUT2D eigenvalue weighted by Gasteiger charge is -2.22. The van der Waals surface area contributed by atoms with Gasteiger partial charge in [0.2, 0.25) is 5.91 Å². The number of carbonyl (C=O) groups excluding carboxylic acids is 3. The second-order valence-electron chi connectivity index (χ2n) is 7.03. The highest BCUT2D eigenvalue weighted by atomic mass is 19.1. The van der Waals surface area contributed by atoms with Crippen LogP contribution in [0.25, 0.3) is 11.3 Å². The number of hydrogen-bond acceptors (Lipinski definition) is 5. The molecular formula is C24H23FN2O5. The number of benzene rings is 2. The van der Waals surface area contributed by atoms with Gasteiger partial charge in [0.15, 0.2) is 6.61 Å². The molecule has 32 heavy (non-hydrogen) atoms. The number of ether oxygens (including phenoxy) is 1. The van der Waals surface area contributed by atoms with Gasteiger partial charge in [-0.05, 0) is 36.4 Å². The maximum absolute atomic E-state index is 13.2. The SMILES string of the molecule is NC(=O)CCN(C(=O)COC(=O)CCc1ccc(-c2ccccc2)o1)c1ccc(F)cc1. The van der Waals surface area contributed by atoms with Crippen molar-refractivity contribution < 1.29 is 27.9 Å². The molecule has 0 spiro atoms. The fourth-order valence-corrected chi connectivity index (χ4v) is 3.03. The summed E-state index contributed by atoms with van der Waals surface area (Å²) in [4.78, 5) is 37.0. The summed E-state index contributed by atoms with van der Waals surface area (Å²) in [5.41, 5.74) is 6.47. The highest BCUT2D eigenvalue weighted by molar-refractivity contribution is 5.95. The zero-order valence-corrected chi connectivity index (χ0v) is 17.3. The third-order valence-electron chi connectivity index (χ3n) is 4.67. The molecule has 3 rings (SSSR count). The Hall–Kier alpha value is -3.94. The van der Waals surface area contributed by atoms with Crippen LogP contribution in [-0.2, 0) is 25.5 Å². The quantitative estimate of drug-likeness (QED) is 0.488. The van der Waals surface area contributed by atoms with Gasteiger partial charge in [0.1, 0.15) is 17.3 Å². The molecule has 3 aromatic rings. The average molecular weight is 438 g/mol. The lowest BCUT2D eigenvalue weighted by molar-refractivity contribution is -0.147. The minimum absolute atomic E-state index is 0.00793. The van der Waals surface area contributed by atoms with E-state index in [-0.39, 0.29) is 19.4 Å². The minimum atomic E-state index is -0.588. The minimum Gasteiger partial charge on any atom is -0.461 e. The van der Waals surface area contributed by atoms with E-state index in [4.69, 9.17) is 14.9 Å². The number of nitrogens with zero attached hydrogens (tertiary/aromatic N) is 1. The number of anilines is 1. The third kappa shape index (κ3) is 6.53. The number of rotatable bonds is 10.